The summed E-state index contributed by atoms with van der Waals surface area (Å²) < 4.78 is 0. The summed E-state index contributed by atoms with van der Waals surface area (Å²) in [4.78, 5) is 24.3. The molecule has 0 bridgehead atoms. The van der Waals surface area contributed by atoms with Crippen LogP contribution in [0.5, 0.6) is 0 Å². The summed E-state index contributed by atoms with van der Waals surface area (Å²) in [6.07, 6.45) is 0.387. The molecule has 2 amide bonds. The molecular formula is C19H19Cl2N3O2. The Bertz CT molecular complexity index is 841. The summed E-state index contributed by atoms with van der Waals surface area (Å²) in [5, 5.41) is 9.54. The summed E-state index contributed by atoms with van der Waals surface area (Å²) in [7, 11) is 0. The number of carbonyl (C=O) groups excluding carboxylic acids is 2. The molecule has 0 saturated carbocycles. The van der Waals surface area contributed by atoms with E-state index in [-0.39, 0.29) is 17.7 Å². The molecule has 0 fully saturated rings. The third-order valence-corrected chi connectivity index (χ3v) is 5.20. The molecular weight excluding hydrogens is 373 g/mol. The number of carbonyl (C=O) groups is 2. The van der Waals surface area contributed by atoms with Crippen molar-refractivity contribution in [2.75, 3.05) is 17.2 Å². The van der Waals surface area contributed by atoms with Crippen LogP contribution in [0.25, 0.3) is 0 Å². The van der Waals surface area contributed by atoms with Crippen LogP contribution in [0.1, 0.15) is 24.8 Å². The van der Waals surface area contributed by atoms with Gasteiger partial charge in [-0.1, -0.05) is 47.5 Å². The van der Waals surface area contributed by atoms with Gasteiger partial charge in [0.15, 0.2) is 0 Å². The fraction of sp³-hybridized carbons (Fsp3) is 0.263. The SMILES string of the molecule is CC(NCC1CC(=O)Nc2ccccc21)C(=O)Nc1cccc(Cl)c1Cl. The van der Waals surface area contributed by atoms with Crippen LogP contribution < -0.4 is 16.0 Å². The van der Waals surface area contributed by atoms with Gasteiger partial charge in [-0.05, 0) is 30.7 Å². The molecule has 2 aromatic rings. The number of hydrogen-bond acceptors (Lipinski definition) is 3. The number of halogens is 2. The standard InChI is InChI=1S/C19H19Cl2N3O2/c1-11(19(26)24-16-8-4-6-14(20)18(16)21)22-10-12-9-17(25)23-15-7-3-2-5-13(12)15/h2-8,11-12,22H,9-10H2,1H3,(H,23,25)(H,24,26). The van der Waals surface area contributed by atoms with E-state index < -0.39 is 6.04 Å². The zero-order valence-corrected chi connectivity index (χ0v) is 15.7. The largest absolute Gasteiger partial charge is 0.326 e. The van der Waals surface area contributed by atoms with Gasteiger partial charge < -0.3 is 16.0 Å². The highest BCUT2D eigenvalue weighted by atomic mass is 35.5. The quantitative estimate of drug-likeness (QED) is 0.720. The van der Waals surface area contributed by atoms with Crippen LogP contribution >= 0.6 is 23.2 Å². The molecule has 0 aromatic heterocycles. The summed E-state index contributed by atoms with van der Waals surface area (Å²) in [6.45, 7) is 2.28. The van der Waals surface area contributed by atoms with Gasteiger partial charge in [0, 0.05) is 24.6 Å². The summed E-state index contributed by atoms with van der Waals surface area (Å²) in [5.74, 6) is -0.217. The third-order valence-electron chi connectivity index (χ3n) is 4.38. The van der Waals surface area contributed by atoms with Gasteiger partial charge in [-0.2, -0.15) is 0 Å². The minimum atomic E-state index is -0.456. The fourth-order valence-electron chi connectivity index (χ4n) is 2.94. The fourth-order valence-corrected chi connectivity index (χ4v) is 3.28. The van der Waals surface area contributed by atoms with Gasteiger partial charge in [-0.25, -0.2) is 0 Å². The van der Waals surface area contributed by atoms with Crippen LogP contribution in [-0.4, -0.2) is 24.4 Å². The van der Waals surface area contributed by atoms with E-state index >= 15 is 0 Å². The minimum Gasteiger partial charge on any atom is -0.326 e. The van der Waals surface area contributed by atoms with Crippen molar-refractivity contribution >= 4 is 46.4 Å². The minimum absolute atomic E-state index is 0.0155. The topological polar surface area (TPSA) is 70.2 Å². The van der Waals surface area contributed by atoms with E-state index in [4.69, 9.17) is 23.2 Å². The average Bonchev–Trinajstić information content (AvgIpc) is 2.63. The Morgan fingerprint density at radius 1 is 1.23 bits per heavy atom. The first kappa shape index (κ1) is 18.7. The average molecular weight is 392 g/mol. The molecule has 0 aliphatic carbocycles. The summed E-state index contributed by atoms with van der Waals surface area (Å²) in [6, 6.07) is 12.3. The van der Waals surface area contributed by atoms with Crippen LogP contribution in [0.3, 0.4) is 0 Å². The van der Waals surface area contributed by atoms with Crippen LogP contribution in [0.2, 0.25) is 10.0 Å². The molecule has 0 radical (unpaired) electrons. The third kappa shape index (κ3) is 4.18. The molecule has 26 heavy (non-hydrogen) atoms. The zero-order chi connectivity index (χ0) is 18.7. The first-order valence-corrected chi connectivity index (χ1v) is 9.08. The zero-order valence-electron chi connectivity index (χ0n) is 14.2. The molecule has 3 rings (SSSR count). The van der Waals surface area contributed by atoms with Crippen molar-refractivity contribution in [3.63, 3.8) is 0 Å². The van der Waals surface area contributed by atoms with Crippen molar-refractivity contribution in [1.29, 1.82) is 0 Å². The predicted molar refractivity (Wildman–Crippen MR) is 105 cm³/mol. The lowest BCUT2D eigenvalue weighted by Crippen LogP contribution is -2.41. The number of anilines is 2. The number of amides is 2. The highest BCUT2D eigenvalue weighted by Gasteiger charge is 2.25. The molecule has 0 spiro atoms. The lowest BCUT2D eigenvalue weighted by Gasteiger charge is -2.27. The number of fused-ring (bicyclic) bond motifs is 1. The maximum atomic E-state index is 12.4. The number of benzene rings is 2. The first-order valence-electron chi connectivity index (χ1n) is 8.32. The summed E-state index contributed by atoms with van der Waals surface area (Å²) in [5.41, 5.74) is 2.38. The second-order valence-electron chi connectivity index (χ2n) is 6.26. The van der Waals surface area contributed by atoms with Crippen molar-refractivity contribution in [2.24, 2.45) is 0 Å². The van der Waals surface area contributed by atoms with E-state index in [1.54, 1.807) is 25.1 Å². The Morgan fingerprint density at radius 2 is 2.00 bits per heavy atom. The summed E-state index contributed by atoms with van der Waals surface area (Å²) >= 11 is 12.1. The van der Waals surface area contributed by atoms with Crippen molar-refractivity contribution in [3.05, 3.63) is 58.1 Å². The van der Waals surface area contributed by atoms with E-state index in [9.17, 15) is 9.59 Å². The Balaban J connectivity index is 1.62. The second kappa shape index (κ2) is 8.08. The van der Waals surface area contributed by atoms with E-state index in [0.717, 1.165) is 11.3 Å². The maximum Gasteiger partial charge on any atom is 0.241 e. The molecule has 5 nitrogen and oxygen atoms in total. The molecule has 1 aliphatic rings. The van der Waals surface area contributed by atoms with Gasteiger partial charge in [0.05, 0.1) is 21.8 Å². The molecule has 0 saturated heterocycles. The van der Waals surface area contributed by atoms with Gasteiger partial charge in [0.1, 0.15) is 0 Å². The molecule has 2 aromatic carbocycles. The predicted octanol–water partition coefficient (Wildman–Crippen LogP) is 4.04. The number of rotatable bonds is 5. The molecule has 1 heterocycles. The van der Waals surface area contributed by atoms with Crippen LogP contribution in [0.15, 0.2) is 42.5 Å². The van der Waals surface area contributed by atoms with Crippen molar-refractivity contribution in [1.82, 2.24) is 5.32 Å². The van der Waals surface area contributed by atoms with Crippen LogP contribution in [0, 0.1) is 0 Å². The molecule has 3 N–H and O–H groups in total. The number of para-hydroxylation sites is 1. The lowest BCUT2D eigenvalue weighted by atomic mass is 9.90. The second-order valence-corrected chi connectivity index (χ2v) is 7.04. The highest BCUT2D eigenvalue weighted by Crippen LogP contribution is 2.32. The molecule has 1 aliphatic heterocycles. The van der Waals surface area contributed by atoms with Gasteiger partial charge >= 0.3 is 0 Å². The number of hydrogen-bond donors (Lipinski definition) is 3. The first-order chi connectivity index (χ1) is 12.5. The van der Waals surface area contributed by atoms with Gasteiger partial charge in [-0.15, -0.1) is 0 Å². The monoisotopic (exact) mass is 391 g/mol. The molecule has 2 atom stereocenters. The smallest absolute Gasteiger partial charge is 0.241 e. The molecule has 7 heteroatoms. The van der Waals surface area contributed by atoms with Crippen LogP contribution in [-0.2, 0) is 9.59 Å². The van der Waals surface area contributed by atoms with E-state index in [2.05, 4.69) is 16.0 Å². The number of nitrogens with one attached hydrogen (secondary N) is 3. The highest BCUT2D eigenvalue weighted by molar-refractivity contribution is 6.44. The lowest BCUT2D eigenvalue weighted by molar-refractivity contribution is -0.117. The van der Waals surface area contributed by atoms with E-state index in [0.29, 0.717) is 28.7 Å². The Kier molecular flexibility index (Phi) is 5.81. The Morgan fingerprint density at radius 3 is 2.81 bits per heavy atom. The van der Waals surface area contributed by atoms with Crippen molar-refractivity contribution in [3.8, 4) is 0 Å². The van der Waals surface area contributed by atoms with Crippen LogP contribution in [0.4, 0.5) is 11.4 Å². The maximum absolute atomic E-state index is 12.4. The molecule has 136 valence electrons. The van der Waals surface area contributed by atoms with E-state index in [1.807, 2.05) is 24.3 Å². The van der Waals surface area contributed by atoms with Gasteiger partial charge in [0.25, 0.3) is 0 Å². The Hall–Kier alpha value is -2.08. The van der Waals surface area contributed by atoms with E-state index in [1.165, 1.54) is 0 Å². The van der Waals surface area contributed by atoms with Gasteiger partial charge in [-0.3, -0.25) is 9.59 Å². The Labute approximate surface area is 162 Å². The van der Waals surface area contributed by atoms with Gasteiger partial charge in [0.2, 0.25) is 11.8 Å². The van der Waals surface area contributed by atoms with Crippen molar-refractivity contribution < 1.29 is 9.59 Å². The normalized spacial score (nSPS) is 17.2. The van der Waals surface area contributed by atoms with Crippen molar-refractivity contribution in [2.45, 2.75) is 25.3 Å². The molecule has 2 unspecified atom stereocenters.